The van der Waals surface area contributed by atoms with Crippen molar-refractivity contribution in [2.45, 2.75) is 49.6 Å². The topological polar surface area (TPSA) is 72.6 Å². The lowest BCUT2D eigenvalue weighted by molar-refractivity contribution is -0.130. The Morgan fingerprint density at radius 2 is 2.00 bits per heavy atom. The highest BCUT2D eigenvalue weighted by Crippen LogP contribution is 2.31. The Balaban J connectivity index is 1.49. The molecule has 2 aliphatic heterocycles. The summed E-state index contributed by atoms with van der Waals surface area (Å²) in [4.78, 5) is 23.7. The number of nitrogens with zero attached hydrogens (tertiary/aromatic N) is 5. The lowest BCUT2D eigenvalue weighted by Gasteiger charge is -2.31. The number of aryl methyl sites for hydroxylation is 2. The summed E-state index contributed by atoms with van der Waals surface area (Å²) < 4.78 is 7.14. The Kier molecular flexibility index (Phi) is 4.17. The van der Waals surface area contributed by atoms with Gasteiger partial charge in [0.05, 0.1) is 5.25 Å². The lowest BCUT2D eigenvalue weighted by atomic mass is 10.1. The van der Waals surface area contributed by atoms with Crippen molar-refractivity contribution in [2.24, 2.45) is 0 Å². The van der Waals surface area contributed by atoms with E-state index in [2.05, 4.69) is 15.1 Å². The molecule has 0 aromatic carbocycles. The van der Waals surface area contributed by atoms with Crippen molar-refractivity contribution >= 4 is 23.4 Å². The maximum Gasteiger partial charge on any atom is 0.253 e. The number of hydrogen-bond donors (Lipinski definition) is 0. The third-order valence-corrected chi connectivity index (χ3v) is 5.77. The van der Waals surface area contributed by atoms with Crippen LogP contribution in [0.15, 0.2) is 11.2 Å². The fraction of sp³-hybridized carbons (Fsp3) is 0.625. The smallest absolute Gasteiger partial charge is 0.253 e. The zero-order valence-electron chi connectivity index (χ0n) is 13.9. The summed E-state index contributed by atoms with van der Waals surface area (Å²) in [5.74, 6) is 0.813. The van der Waals surface area contributed by atoms with Crippen LogP contribution in [0.3, 0.4) is 0 Å². The van der Waals surface area contributed by atoms with E-state index in [0.29, 0.717) is 17.0 Å². The van der Waals surface area contributed by atoms with Gasteiger partial charge in [-0.2, -0.15) is 4.98 Å². The summed E-state index contributed by atoms with van der Waals surface area (Å²) in [6.07, 6.45) is 2.73. The number of hydrogen-bond acceptors (Lipinski definition) is 6. The van der Waals surface area contributed by atoms with E-state index in [4.69, 9.17) is 4.74 Å². The predicted octanol–water partition coefficient (Wildman–Crippen LogP) is 1.61. The molecule has 8 heteroatoms. The summed E-state index contributed by atoms with van der Waals surface area (Å²) in [5.41, 5.74) is 1.92. The summed E-state index contributed by atoms with van der Waals surface area (Å²) in [7, 11) is 0. The lowest BCUT2D eigenvalue weighted by Crippen LogP contribution is -2.41. The van der Waals surface area contributed by atoms with Gasteiger partial charge >= 0.3 is 0 Å². The van der Waals surface area contributed by atoms with Gasteiger partial charge in [0.1, 0.15) is 0 Å². The minimum absolute atomic E-state index is 0.0911. The van der Waals surface area contributed by atoms with E-state index in [1.165, 1.54) is 11.8 Å². The first-order valence-electron chi connectivity index (χ1n) is 8.38. The average molecular weight is 347 g/mol. The molecule has 0 N–H and O–H groups in total. The van der Waals surface area contributed by atoms with Gasteiger partial charge in [0.15, 0.2) is 0 Å². The highest BCUT2D eigenvalue weighted by molar-refractivity contribution is 8.00. The van der Waals surface area contributed by atoms with Crippen molar-refractivity contribution in [2.75, 3.05) is 19.8 Å². The molecule has 0 radical (unpaired) electrons. The van der Waals surface area contributed by atoms with Gasteiger partial charge in [-0.15, -0.1) is 5.10 Å². The molecule has 0 bridgehead atoms. The number of likely N-dealkylation sites (tertiary alicyclic amines) is 1. The monoisotopic (exact) mass is 347 g/mol. The number of carbonyl (C=O) groups is 1. The minimum atomic E-state index is -0.0911. The van der Waals surface area contributed by atoms with Gasteiger partial charge in [-0.3, -0.25) is 4.79 Å². The number of fused-ring (bicyclic) bond motifs is 1. The molecule has 2 aromatic rings. The van der Waals surface area contributed by atoms with E-state index in [-0.39, 0.29) is 11.2 Å². The van der Waals surface area contributed by atoms with Gasteiger partial charge in [0.2, 0.25) is 11.1 Å². The molecule has 0 unspecified atom stereocenters. The number of rotatable bonds is 3. The van der Waals surface area contributed by atoms with Crippen molar-refractivity contribution in [3.8, 4) is 0 Å². The van der Waals surface area contributed by atoms with E-state index in [0.717, 1.165) is 50.4 Å². The number of thioether (sulfide) groups is 1. The molecule has 0 spiro atoms. The standard InChI is InChI=1S/C16H21N5O2S/c1-10-9-11(2)21-15(17-10)18-16(19-21)24-13-3-6-20(14(13)22)12-4-7-23-8-5-12/h9,12-13H,3-8H2,1-2H3/t13-/m1/s1. The van der Waals surface area contributed by atoms with Gasteiger partial charge in [0.25, 0.3) is 5.78 Å². The molecular weight excluding hydrogens is 326 g/mol. The van der Waals surface area contributed by atoms with Crippen molar-refractivity contribution in [1.29, 1.82) is 0 Å². The van der Waals surface area contributed by atoms with Crippen LogP contribution in [0.4, 0.5) is 0 Å². The van der Waals surface area contributed by atoms with Crippen LogP contribution >= 0.6 is 11.8 Å². The largest absolute Gasteiger partial charge is 0.381 e. The van der Waals surface area contributed by atoms with Crippen LogP contribution in [0.5, 0.6) is 0 Å². The fourth-order valence-electron chi connectivity index (χ4n) is 3.47. The van der Waals surface area contributed by atoms with Crippen LogP contribution in [0.1, 0.15) is 30.7 Å². The molecule has 24 heavy (non-hydrogen) atoms. The van der Waals surface area contributed by atoms with Gasteiger partial charge in [-0.1, -0.05) is 11.8 Å². The van der Waals surface area contributed by atoms with Gasteiger partial charge in [0, 0.05) is 37.2 Å². The Bertz CT molecular complexity index is 771. The van der Waals surface area contributed by atoms with E-state index >= 15 is 0 Å². The first kappa shape index (κ1) is 15.8. The van der Waals surface area contributed by atoms with Gasteiger partial charge < -0.3 is 9.64 Å². The van der Waals surface area contributed by atoms with Crippen LogP contribution in [0, 0.1) is 13.8 Å². The van der Waals surface area contributed by atoms with Crippen molar-refractivity contribution in [3.63, 3.8) is 0 Å². The second kappa shape index (κ2) is 6.33. The molecule has 2 saturated heterocycles. The molecule has 4 heterocycles. The van der Waals surface area contributed by atoms with Crippen molar-refractivity contribution in [1.82, 2.24) is 24.5 Å². The van der Waals surface area contributed by atoms with Crippen LogP contribution in [0.2, 0.25) is 0 Å². The molecule has 128 valence electrons. The third-order valence-electron chi connectivity index (χ3n) is 4.67. The first-order valence-corrected chi connectivity index (χ1v) is 9.26. The molecular formula is C16H21N5O2S. The summed E-state index contributed by atoms with van der Waals surface area (Å²) in [5, 5.41) is 5.04. The zero-order chi connectivity index (χ0) is 16.7. The van der Waals surface area contributed by atoms with Crippen LogP contribution in [-0.4, -0.2) is 61.4 Å². The molecule has 2 aliphatic rings. The normalized spacial score (nSPS) is 22.7. The Morgan fingerprint density at radius 1 is 1.21 bits per heavy atom. The average Bonchev–Trinajstić information content (AvgIpc) is 3.13. The molecule has 0 aliphatic carbocycles. The fourth-order valence-corrected chi connectivity index (χ4v) is 4.45. The highest BCUT2D eigenvalue weighted by Gasteiger charge is 2.37. The predicted molar refractivity (Wildman–Crippen MR) is 90.1 cm³/mol. The molecule has 2 fully saturated rings. The second-order valence-corrected chi connectivity index (χ2v) is 7.59. The molecule has 7 nitrogen and oxygen atoms in total. The van der Waals surface area contributed by atoms with Crippen LogP contribution in [0.25, 0.3) is 5.78 Å². The molecule has 2 aromatic heterocycles. The Morgan fingerprint density at radius 3 is 2.79 bits per heavy atom. The van der Waals surface area contributed by atoms with E-state index in [1.807, 2.05) is 24.8 Å². The third kappa shape index (κ3) is 2.88. The van der Waals surface area contributed by atoms with Crippen LogP contribution in [-0.2, 0) is 9.53 Å². The van der Waals surface area contributed by atoms with Gasteiger partial charge in [-0.25, -0.2) is 9.50 Å². The summed E-state index contributed by atoms with van der Waals surface area (Å²) >= 11 is 1.46. The molecule has 0 saturated carbocycles. The maximum atomic E-state index is 12.7. The Hall–Kier alpha value is -1.67. The van der Waals surface area contributed by atoms with E-state index in [9.17, 15) is 4.79 Å². The first-order chi connectivity index (χ1) is 11.6. The van der Waals surface area contributed by atoms with E-state index < -0.39 is 0 Å². The minimum Gasteiger partial charge on any atom is -0.381 e. The van der Waals surface area contributed by atoms with E-state index in [1.54, 1.807) is 4.52 Å². The van der Waals surface area contributed by atoms with Crippen molar-refractivity contribution < 1.29 is 9.53 Å². The number of aromatic nitrogens is 4. The van der Waals surface area contributed by atoms with Crippen LogP contribution < -0.4 is 0 Å². The van der Waals surface area contributed by atoms with Crippen molar-refractivity contribution in [3.05, 3.63) is 17.5 Å². The number of carbonyl (C=O) groups excluding carboxylic acids is 1. The zero-order valence-corrected chi connectivity index (χ0v) is 14.8. The highest BCUT2D eigenvalue weighted by atomic mass is 32.2. The number of ether oxygens (including phenoxy) is 1. The SMILES string of the molecule is Cc1cc(C)n2nc(S[C@@H]3CCN(C4CCOCC4)C3=O)nc2n1. The summed E-state index contributed by atoms with van der Waals surface area (Å²) in [6.45, 7) is 6.26. The molecule has 1 amide bonds. The Labute approximate surface area is 144 Å². The number of amides is 1. The quantitative estimate of drug-likeness (QED) is 0.840. The summed E-state index contributed by atoms with van der Waals surface area (Å²) in [6, 6.07) is 2.31. The second-order valence-electron chi connectivity index (χ2n) is 6.42. The maximum absolute atomic E-state index is 12.7. The van der Waals surface area contributed by atoms with Gasteiger partial charge in [-0.05, 0) is 39.2 Å². The molecule has 1 atom stereocenters. The molecule has 4 rings (SSSR count).